The summed E-state index contributed by atoms with van der Waals surface area (Å²) in [5.74, 6) is 0. The number of nitrogens with zero attached hydrogens (tertiary/aromatic N) is 1. The second-order valence-corrected chi connectivity index (χ2v) is 10.6. The molecule has 0 aliphatic heterocycles. The molecule has 0 unspecified atom stereocenters. The Bertz CT molecular complexity index is 164. The summed E-state index contributed by atoms with van der Waals surface area (Å²) in [6.45, 7) is 14.5. The molecule has 104 valence electrons. The van der Waals surface area contributed by atoms with Crippen molar-refractivity contribution in [2.24, 2.45) is 0 Å². The molecule has 0 N–H and O–H groups in total. The van der Waals surface area contributed by atoms with Crippen LogP contribution in [0.25, 0.3) is 0 Å². The maximum Gasteiger partial charge on any atom is 0.122 e. The smallest absolute Gasteiger partial charge is 0.122 e. The lowest BCUT2D eigenvalue weighted by molar-refractivity contribution is 0.461. The van der Waals surface area contributed by atoms with Crippen LogP contribution in [0.15, 0.2) is 0 Å². The lowest BCUT2D eigenvalue weighted by Gasteiger charge is -2.35. The molecular formula is C15H35NSi. The Hall–Kier alpha value is 0.177. The van der Waals surface area contributed by atoms with Gasteiger partial charge in [0.15, 0.2) is 0 Å². The molecule has 0 amide bonds. The van der Waals surface area contributed by atoms with Gasteiger partial charge in [-0.2, -0.15) is 0 Å². The monoisotopic (exact) mass is 257 g/mol. The molecule has 0 atom stereocenters. The second-order valence-electron chi connectivity index (χ2n) is 5.86. The highest BCUT2D eigenvalue weighted by molar-refractivity contribution is 6.74. The molecular weight excluding hydrogens is 222 g/mol. The van der Waals surface area contributed by atoms with E-state index in [0.717, 1.165) is 0 Å². The minimum Gasteiger partial charge on any atom is -0.324 e. The van der Waals surface area contributed by atoms with Gasteiger partial charge in [0.05, 0.1) is 0 Å². The zero-order valence-corrected chi connectivity index (χ0v) is 14.0. The molecule has 0 heterocycles. The first-order valence-corrected chi connectivity index (χ1v) is 11.0. The Balaban J connectivity index is 3.58. The van der Waals surface area contributed by atoms with Crippen LogP contribution in [0.3, 0.4) is 0 Å². The summed E-state index contributed by atoms with van der Waals surface area (Å²) in [5, 5.41) is 0. The summed E-state index contributed by atoms with van der Waals surface area (Å²) in [6, 6.07) is 1.49. The van der Waals surface area contributed by atoms with Crippen LogP contribution in [-0.2, 0) is 0 Å². The van der Waals surface area contributed by atoms with E-state index < -0.39 is 8.24 Å². The largest absolute Gasteiger partial charge is 0.324 e. The standard InChI is InChI=1S/C15H35NSi/c1-6-9-10-11-12-13-14-15-17(4,5)16(7-2)8-3/h6-15H2,1-5H3. The molecule has 17 heavy (non-hydrogen) atoms. The molecule has 0 fully saturated rings. The first kappa shape index (κ1) is 17.2. The molecule has 0 rings (SSSR count). The summed E-state index contributed by atoms with van der Waals surface area (Å²) >= 11 is 0. The van der Waals surface area contributed by atoms with Gasteiger partial charge in [-0.15, -0.1) is 0 Å². The zero-order valence-electron chi connectivity index (χ0n) is 13.0. The molecule has 0 aliphatic carbocycles. The summed E-state index contributed by atoms with van der Waals surface area (Å²) in [6.07, 6.45) is 10.1. The van der Waals surface area contributed by atoms with Gasteiger partial charge in [0.25, 0.3) is 0 Å². The Morgan fingerprint density at radius 2 is 1.18 bits per heavy atom. The van der Waals surface area contributed by atoms with Gasteiger partial charge in [-0.05, 0) is 19.1 Å². The summed E-state index contributed by atoms with van der Waals surface area (Å²) < 4.78 is 2.73. The van der Waals surface area contributed by atoms with Crippen LogP contribution < -0.4 is 0 Å². The third-order valence-corrected chi connectivity index (χ3v) is 7.93. The van der Waals surface area contributed by atoms with Gasteiger partial charge >= 0.3 is 0 Å². The van der Waals surface area contributed by atoms with Crippen LogP contribution in [0, 0.1) is 0 Å². The molecule has 0 aromatic heterocycles. The Morgan fingerprint density at radius 3 is 1.65 bits per heavy atom. The van der Waals surface area contributed by atoms with Crippen molar-refractivity contribution in [2.45, 2.75) is 84.9 Å². The van der Waals surface area contributed by atoms with Crippen molar-refractivity contribution in [1.29, 1.82) is 0 Å². The highest BCUT2D eigenvalue weighted by Crippen LogP contribution is 2.19. The normalized spacial score (nSPS) is 12.4. The van der Waals surface area contributed by atoms with E-state index >= 15 is 0 Å². The molecule has 0 saturated carbocycles. The average Bonchev–Trinajstić information content (AvgIpc) is 2.29. The van der Waals surface area contributed by atoms with E-state index in [2.05, 4.69) is 38.4 Å². The van der Waals surface area contributed by atoms with Gasteiger partial charge in [0, 0.05) is 0 Å². The highest BCUT2D eigenvalue weighted by atomic mass is 28.3. The van der Waals surface area contributed by atoms with Crippen LogP contribution in [0.1, 0.15) is 65.7 Å². The van der Waals surface area contributed by atoms with Crippen molar-refractivity contribution in [2.75, 3.05) is 13.1 Å². The van der Waals surface area contributed by atoms with E-state index in [4.69, 9.17) is 0 Å². The van der Waals surface area contributed by atoms with Crippen molar-refractivity contribution in [3.8, 4) is 0 Å². The summed E-state index contributed by atoms with van der Waals surface area (Å²) in [5.41, 5.74) is 0. The molecule has 0 saturated heterocycles. The van der Waals surface area contributed by atoms with E-state index in [1.165, 1.54) is 64.1 Å². The van der Waals surface area contributed by atoms with Crippen LogP contribution in [0.2, 0.25) is 19.1 Å². The van der Waals surface area contributed by atoms with E-state index in [1.54, 1.807) is 0 Å². The molecule has 1 nitrogen and oxygen atoms in total. The van der Waals surface area contributed by atoms with Gasteiger partial charge < -0.3 is 4.57 Å². The van der Waals surface area contributed by atoms with Crippen molar-refractivity contribution in [3.63, 3.8) is 0 Å². The predicted octanol–water partition coefficient (Wildman–Crippen LogP) is 5.28. The van der Waals surface area contributed by atoms with Crippen LogP contribution >= 0.6 is 0 Å². The van der Waals surface area contributed by atoms with Crippen molar-refractivity contribution in [1.82, 2.24) is 4.57 Å². The Labute approximate surface area is 111 Å². The van der Waals surface area contributed by atoms with Gasteiger partial charge in [-0.3, -0.25) is 0 Å². The van der Waals surface area contributed by atoms with Gasteiger partial charge in [-0.25, -0.2) is 0 Å². The van der Waals surface area contributed by atoms with E-state index in [1.807, 2.05) is 0 Å². The molecule has 2 heteroatoms. The predicted molar refractivity (Wildman–Crippen MR) is 83.2 cm³/mol. The van der Waals surface area contributed by atoms with Crippen LogP contribution in [0.4, 0.5) is 0 Å². The molecule has 0 aliphatic rings. The topological polar surface area (TPSA) is 3.24 Å². The minimum absolute atomic E-state index is 1.07. The average molecular weight is 258 g/mol. The van der Waals surface area contributed by atoms with Crippen molar-refractivity contribution >= 4 is 8.24 Å². The fourth-order valence-electron chi connectivity index (χ4n) is 2.75. The maximum atomic E-state index is 2.73. The highest BCUT2D eigenvalue weighted by Gasteiger charge is 2.26. The lowest BCUT2D eigenvalue weighted by atomic mass is 10.1. The Kier molecular flexibility index (Phi) is 10.2. The van der Waals surface area contributed by atoms with Gasteiger partial charge in [0.1, 0.15) is 8.24 Å². The van der Waals surface area contributed by atoms with E-state index in [0.29, 0.717) is 0 Å². The number of hydrogen-bond donors (Lipinski definition) is 0. The molecule has 0 spiro atoms. The van der Waals surface area contributed by atoms with Crippen molar-refractivity contribution < 1.29 is 0 Å². The Morgan fingerprint density at radius 1 is 0.706 bits per heavy atom. The third kappa shape index (κ3) is 7.99. The molecule has 0 aromatic carbocycles. The maximum absolute atomic E-state index is 2.73. The zero-order chi connectivity index (χ0) is 13.1. The number of unbranched alkanes of at least 4 members (excludes halogenated alkanes) is 6. The lowest BCUT2D eigenvalue weighted by Crippen LogP contribution is -2.48. The first-order valence-electron chi connectivity index (χ1n) is 7.83. The van der Waals surface area contributed by atoms with Gasteiger partial charge in [0.2, 0.25) is 0 Å². The van der Waals surface area contributed by atoms with Gasteiger partial charge in [-0.1, -0.05) is 78.8 Å². The quantitative estimate of drug-likeness (QED) is 0.359. The first-order chi connectivity index (χ1) is 8.08. The summed E-state index contributed by atoms with van der Waals surface area (Å²) in [4.78, 5) is 0. The van der Waals surface area contributed by atoms with E-state index in [-0.39, 0.29) is 0 Å². The minimum atomic E-state index is -1.07. The van der Waals surface area contributed by atoms with Crippen LogP contribution in [-0.4, -0.2) is 25.9 Å². The summed E-state index contributed by atoms with van der Waals surface area (Å²) in [7, 11) is -1.07. The van der Waals surface area contributed by atoms with E-state index in [9.17, 15) is 0 Å². The van der Waals surface area contributed by atoms with Crippen LogP contribution in [0.5, 0.6) is 0 Å². The molecule has 0 bridgehead atoms. The number of hydrogen-bond acceptors (Lipinski definition) is 1. The van der Waals surface area contributed by atoms with Crippen molar-refractivity contribution in [3.05, 3.63) is 0 Å². The fourth-order valence-corrected chi connectivity index (χ4v) is 5.90. The fraction of sp³-hybridized carbons (Fsp3) is 1.00. The third-order valence-electron chi connectivity index (χ3n) is 4.01. The second kappa shape index (κ2) is 10.1. The molecule has 0 radical (unpaired) electrons. The number of rotatable bonds is 11. The molecule has 0 aromatic rings. The SMILES string of the molecule is CCCCCCCCC[Si](C)(C)N(CC)CC.